The van der Waals surface area contributed by atoms with Crippen molar-refractivity contribution in [3.8, 4) is 5.88 Å². The van der Waals surface area contributed by atoms with Gasteiger partial charge in [-0.1, -0.05) is 0 Å². The maximum Gasteiger partial charge on any atom is 0.260 e. The summed E-state index contributed by atoms with van der Waals surface area (Å²) in [5.41, 5.74) is 0.455. The summed E-state index contributed by atoms with van der Waals surface area (Å²) in [7, 11) is -3.62. The molecule has 0 radical (unpaired) electrons. The van der Waals surface area contributed by atoms with Crippen molar-refractivity contribution in [2.24, 2.45) is 0 Å². The first kappa shape index (κ1) is 19.3. The molecular weight excluding hydrogens is 370 g/mol. The van der Waals surface area contributed by atoms with E-state index >= 15 is 0 Å². The quantitative estimate of drug-likeness (QED) is 0.816. The molecule has 1 saturated heterocycles. The van der Waals surface area contributed by atoms with Gasteiger partial charge in [-0.05, 0) is 26.3 Å². The molecule has 1 fully saturated rings. The molecule has 0 saturated carbocycles. The molecule has 1 amide bonds. The number of ether oxygens (including phenoxy) is 1. The second kappa shape index (κ2) is 8.05. The van der Waals surface area contributed by atoms with E-state index in [-0.39, 0.29) is 23.6 Å². The van der Waals surface area contributed by atoms with E-state index in [0.29, 0.717) is 37.5 Å². The number of sulfonamides is 1. The number of nitrogens with zero attached hydrogens (tertiary/aromatic N) is 4. The molecule has 0 bridgehead atoms. The summed E-state index contributed by atoms with van der Waals surface area (Å²) in [5.74, 6) is 0.300. The Morgan fingerprint density at radius 2 is 2.00 bits per heavy atom. The summed E-state index contributed by atoms with van der Waals surface area (Å²) >= 11 is 0. The van der Waals surface area contributed by atoms with Crippen LogP contribution in [0.3, 0.4) is 0 Å². The third-order valence-electron chi connectivity index (χ3n) is 4.17. The van der Waals surface area contributed by atoms with Crippen LogP contribution in [0.15, 0.2) is 35.9 Å². The van der Waals surface area contributed by atoms with E-state index in [1.165, 1.54) is 23.0 Å². The van der Waals surface area contributed by atoms with Crippen LogP contribution in [0, 0.1) is 0 Å². The maximum absolute atomic E-state index is 12.7. The molecule has 1 aliphatic rings. The lowest BCUT2D eigenvalue weighted by Crippen LogP contribution is -2.37. The van der Waals surface area contributed by atoms with Gasteiger partial charge in [0.25, 0.3) is 15.9 Å². The molecule has 1 aliphatic heterocycles. The van der Waals surface area contributed by atoms with Gasteiger partial charge in [0, 0.05) is 38.4 Å². The van der Waals surface area contributed by atoms with E-state index in [1.54, 1.807) is 17.0 Å². The number of aromatic nitrogens is 3. The van der Waals surface area contributed by atoms with E-state index in [4.69, 9.17) is 4.74 Å². The molecule has 0 spiro atoms. The average molecular weight is 393 g/mol. The Labute approximate surface area is 158 Å². The van der Waals surface area contributed by atoms with E-state index in [0.717, 1.165) is 0 Å². The van der Waals surface area contributed by atoms with Crippen molar-refractivity contribution >= 4 is 15.9 Å². The summed E-state index contributed by atoms with van der Waals surface area (Å²) in [6.07, 6.45) is 4.67. The molecule has 3 rings (SSSR count). The predicted molar refractivity (Wildman–Crippen MR) is 97.9 cm³/mol. The number of hydrogen-bond acceptors (Lipinski definition) is 6. The smallest absolute Gasteiger partial charge is 0.260 e. The zero-order valence-electron chi connectivity index (χ0n) is 15.3. The molecule has 2 aromatic heterocycles. The third kappa shape index (κ3) is 4.45. The molecule has 0 aromatic carbocycles. The Balaban J connectivity index is 1.66. The van der Waals surface area contributed by atoms with Gasteiger partial charge in [-0.25, -0.2) is 18.4 Å². The number of hydrogen-bond donors (Lipinski definition) is 1. The Morgan fingerprint density at radius 1 is 1.19 bits per heavy atom. The third-order valence-corrected chi connectivity index (χ3v) is 6.00. The Hall–Kier alpha value is -2.46. The predicted octanol–water partition coefficient (Wildman–Crippen LogP) is 1.13. The summed E-state index contributed by atoms with van der Waals surface area (Å²) in [6.45, 7) is 5.19. The SMILES string of the molecule is CC(C)Oc1ccc(C(=O)N2CCCN(S(=O)(=O)c3cnc[nH]3)CC2)cn1. The normalized spacial score (nSPS) is 16.3. The molecule has 0 atom stereocenters. The topological polar surface area (TPSA) is 108 Å². The lowest BCUT2D eigenvalue weighted by molar-refractivity contribution is 0.0763. The summed E-state index contributed by atoms with van der Waals surface area (Å²) in [4.78, 5) is 24.9. The van der Waals surface area contributed by atoms with Crippen molar-refractivity contribution in [3.05, 3.63) is 36.4 Å². The number of pyridine rings is 1. The van der Waals surface area contributed by atoms with Gasteiger partial charge in [-0.2, -0.15) is 4.31 Å². The highest BCUT2D eigenvalue weighted by molar-refractivity contribution is 7.89. The number of carbonyl (C=O) groups is 1. The lowest BCUT2D eigenvalue weighted by atomic mass is 10.2. The van der Waals surface area contributed by atoms with Gasteiger partial charge in [0.05, 0.1) is 24.2 Å². The highest BCUT2D eigenvalue weighted by atomic mass is 32.2. The molecule has 1 N–H and O–H groups in total. The zero-order chi connectivity index (χ0) is 19.4. The van der Waals surface area contributed by atoms with Gasteiger partial charge in [0.15, 0.2) is 5.03 Å². The van der Waals surface area contributed by atoms with Gasteiger partial charge in [0.1, 0.15) is 0 Å². The maximum atomic E-state index is 12.7. The number of carbonyl (C=O) groups excluding carboxylic acids is 1. The number of amides is 1. The summed E-state index contributed by atoms with van der Waals surface area (Å²) in [6, 6.07) is 3.34. The lowest BCUT2D eigenvalue weighted by Gasteiger charge is -2.21. The fraction of sp³-hybridized carbons (Fsp3) is 0.471. The minimum Gasteiger partial charge on any atom is -0.475 e. The largest absolute Gasteiger partial charge is 0.475 e. The second-order valence-corrected chi connectivity index (χ2v) is 8.42. The number of imidazole rings is 1. The van der Waals surface area contributed by atoms with E-state index in [1.807, 2.05) is 13.8 Å². The van der Waals surface area contributed by atoms with E-state index in [9.17, 15) is 13.2 Å². The molecular formula is C17H23N5O4S. The van der Waals surface area contributed by atoms with Gasteiger partial charge < -0.3 is 14.6 Å². The molecule has 3 heterocycles. The van der Waals surface area contributed by atoms with Crippen molar-refractivity contribution in [2.45, 2.75) is 31.4 Å². The fourth-order valence-corrected chi connectivity index (χ4v) is 4.23. The van der Waals surface area contributed by atoms with Crippen molar-refractivity contribution in [2.75, 3.05) is 26.2 Å². The number of rotatable bonds is 5. The Bertz CT molecular complexity index is 865. The monoisotopic (exact) mass is 393 g/mol. The highest BCUT2D eigenvalue weighted by Crippen LogP contribution is 2.17. The van der Waals surface area contributed by atoms with Gasteiger partial charge >= 0.3 is 0 Å². The summed E-state index contributed by atoms with van der Waals surface area (Å²) in [5, 5.41) is 0.0622. The second-order valence-electron chi connectivity index (χ2n) is 6.52. The fourth-order valence-electron chi connectivity index (χ4n) is 2.86. The number of aromatic amines is 1. The number of H-pyrrole nitrogens is 1. The Morgan fingerprint density at radius 3 is 2.63 bits per heavy atom. The van der Waals surface area contributed by atoms with E-state index in [2.05, 4.69) is 15.0 Å². The minimum atomic E-state index is -3.62. The Kier molecular flexibility index (Phi) is 5.76. The number of nitrogens with one attached hydrogen (secondary N) is 1. The standard InChI is InChI=1S/C17H23N5O4S/c1-13(2)26-15-5-4-14(10-19-15)17(23)21-6-3-7-22(9-8-21)27(24,25)16-11-18-12-20-16/h4-5,10-13H,3,6-9H2,1-2H3,(H,18,20). The molecule has 0 unspecified atom stereocenters. The molecule has 9 nitrogen and oxygen atoms in total. The van der Waals surface area contributed by atoms with Crippen LogP contribution in [0.4, 0.5) is 0 Å². The van der Waals surface area contributed by atoms with Crippen LogP contribution in [0.25, 0.3) is 0 Å². The van der Waals surface area contributed by atoms with E-state index < -0.39 is 10.0 Å². The van der Waals surface area contributed by atoms with Crippen molar-refractivity contribution in [1.29, 1.82) is 0 Å². The van der Waals surface area contributed by atoms with Crippen molar-refractivity contribution in [1.82, 2.24) is 24.2 Å². The molecule has 10 heteroatoms. The highest BCUT2D eigenvalue weighted by Gasteiger charge is 2.29. The van der Waals surface area contributed by atoms with Crippen LogP contribution < -0.4 is 4.74 Å². The van der Waals surface area contributed by atoms with Crippen LogP contribution in [0.2, 0.25) is 0 Å². The molecule has 2 aromatic rings. The molecule has 27 heavy (non-hydrogen) atoms. The van der Waals surface area contributed by atoms with Gasteiger partial charge in [-0.3, -0.25) is 4.79 Å². The van der Waals surface area contributed by atoms with Gasteiger partial charge in [-0.15, -0.1) is 0 Å². The first-order valence-electron chi connectivity index (χ1n) is 8.78. The van der Waals surface area contributed by atoms with Crippen LogP contribution in [0.5, 0.6) is 5.88 Å². The van der Waals surface area contributed by atoms with Crippen LogP contribution in [0.1, 0.15) is 30.6 Å². The first-order valence-corrected chi connectivity index (χ1v) is 10.2. The summed E-state index contributed by atoms with van der Waals surface area (Å²) < 4.78 is 32.1. The van der Waals surface area contributed by atoms with Crippen molar-refractivity contribution in [3.63, 3.8) is 0 Å². The van der Waals surface area contributed by atoms with Crippen LogP contribution in [-0.2, 0) is 10.0 Å². The van der Waals surface area contributed by atoms with Crippen LogP contribution >= 0.6 is 0 Å². The minimum absolute atomic E-state index is 0.00691. The van der Waals surface area contributed by atoms with Gasteiger partial charge in [0.2, 0.25) is 5.88 Å². The molecule has 146 valence electrons. The van der Waals surface area contributed by atoms with Crippen molar-refractivity contribution < 1.29 is 17.9 Å². The van der Waals surface area contributed by atoms with Crippen LogP contribution in [-0.4, -0.2) is 70.8 Å². The first-order chi connectivity index (χ1) is 12.9. The zero-order valence-corrected chi connectivity index (χ0v) is 16.1. The average Bonchev–Trinajstić information content (AvgIpc) is 3.07. The molecule has 0 aliphatic carbocycles.